The number of benzene rings is 1. The second-order valence-corrected chi connectivity index (χ2v) is 8.57. The fraction of sp³-hybridized carbons (Fsp3) is 0.476. The molecule has 0 aliphatic heterocycles. The van der Waals surface area contributed by atoms with E-state index in [0.717, 1.165) is 35.9 Å². The summed E-state index contributed by atoms with van der Waals surface area (Å²) in [6, 6.07) is 12.1. The Kier molecular flexibility index (Phi) is 5.83. The summed E-state index contributed by atoms with van der Waals surface area (Å²) in [5.41, 5.74) is 11.4. The number of fused-ring (bicyclic) bond motifs is 1. The predicted octanol–water partition coefficient (Wildman–Crippen LogP) is 4.35. The minimum Gasteiger partial charge on any atom is -0.368 e. The third kappa shape index (κ3) is 4.37. The molecular weight excluding hydrogens is 378 g/mol. The van der Waals surface area contributed by atoms with Gasteiger partial charge in [-0.1, -0.05) is 55.7 Å². The molecule has 1 saturated carbocycles. The molecule has 2 aromatic heterocycles. The van der Waals surface area contributed by atoms with Crippen molar-refractivity contribution in [3.8, 4) is 11.4 Å². The average molecular weight is 406 g/mol. The zero-order valence-corrected chi connectivity index (χ0v) is 17.4. The highest BCUT2D eigenvalue weighted by Crippen LogP contribution is 2.40. The van der Waals surface area contributed by atoms with E-state index in [4.69, 9.17) is 10.6 Å². The Morgan fingerprint density at radius 1 is 1.20 bits per heavy atom. The van der Waals surface area contributed by atoms with Crippen LogP contribution in [0.5, 0.6) is 0 Å². The average Bonchev–Trinajstić information content (AvgIpc) is 3.12. The molecule has 0 unspecified atom stereocenters. The van der Waals surface area contributed by atoms with Crippen molar-refractivity contribution >= 4 is 11.5 Å². The maximum absolute atomic E-state index is 8.42. The van der Waals surface area contributed by atoms with Crippen molar-refractivity contribution in [2.75, 3.05) is 25.1 Å². The first-order valence-electron chi connectivity index (χ1n) is 10.3. The smallest absolute Gasteiger partial charge is 0.185 e. The maximum atomic E-state index is 8.42. The van der Waals surface area contributed by atoms with E-state index >= 15 is 0 Å². The van der Waals surface area contributed by atoms with E-state index < -0.39 is 0 Å². The third-order valence-corrected chi connectivity index (χ3v) is 5.58. The lowest BCUT2D eigenvalue weighted by Crippen LogP contribution is -2.35. The van der Waals surface area contributed by atoms with Gasteiger partial charge in [0, 0.05) is 29.1 Å². The number of azide groups is 1. The summed E-state index contributed by atoms with van der Waals surface area (Å²) < 4.78 is 1.83. The molecule has 0 amide bonds. The van der Waals surface area contributed by atoms with Gasteiger partial charge in [-0.15, -0.1) is 15.3 Å². The van der Waals surface area contributed by atoms with Crippen molar-refractivity contribution in [1.82, 2.24) is 25.1 Å². The number of anilines is 1. The number of nitrogens with zero attached hydrogens (tertiary/aromatic N) is 7. The highest BCUT2D eigenvalue weighted by Gasteiger charge is 2.26. The quantitative estimate of drug-likeness (QED) is 0.237. The molecule has 156 valence electrons. The van der Waals surface area contributed by atoms with Crippen LogP contribution in [0, 0.1) is 5.41 Å². The second kappa shape index (κ2) is 8.69. The summed E-state index contributed by atoms with van der Waals surface area (Å²) in [5.74, 6) is 2.16. The van der Waals surface area contributed by atoms with Crippen LogP contribution in [0.4, 0.5) is 5.82 Å². The Balaban J connectivity index is 1.60. The molecule has 9 heteroatoms. The van der Waals surface area contributed by atoms with Gasteiger partial charge < -0.3 is 10.6 Å². The van der Waals surface area contributed by atoms with E-state index in [-0.39, 0.29) is 5.41 Å². The zero-order valence-electron chi connectivity index (χ0n) is 17.4. The van der Waals surface area contributed by atoms with Crippen LogP contribution in [0.15, 0.2) is 41.5 Å². The molecule has 1 aliphatic rings. The molecule has 2 N–H and O–H groups in total. The number of hydrogen-bond acceptors (Lipinski definition) is 6. The molecule has 9 nitrogen and oxygen atoms in total. The minimum absolute atomic E-state index is 0.0477. The van der Waals surface area contributed by atoms with Crippen molar-refractivity contribution in [2.24, 2.45) is 10.5 Å². The van der Waals surface area contributed by atoms with Crippen LogP contribution in [0.2, 0.25) is 0 Å². The molecular formula is C21H27N9. The normalized spacial score (nSPS) is 14.3. The van der Waals surface area contributed by atoms with Crippen molar-refractivity contribution in [3.63, 3.8) is 0 Å². The molecule has 30 heavy (non-hydrogen) atoms. The standard InChI is InChI=1S/C21H27N9/c1-21(2,12-23-14-25-29-22)13-24-19-17(15-9-6-10-15)11-18-26-27-20(30(18)28-19)16-7-4-3-5-8-16/h3-5,7-8,11,15,23H,6,9-10,12-14H2,1-2H3,(H,24,28). The lowest BCUT2D eigenvalue weighted by atomic mass is 9.80. The number of nitrogens with one attached hydrogen (secondary N) is 2. The Morgan fingerprint density at radius 2 is 2.00 bits per heavy atom. The SMILES string of the molecule is CC(C)(CNCN=[N+]=[N-])CNc1nn2c(-c3ccccc3)nnc2cc1C1CCC1. The van der Waals surface area contributed by atoms with Gasteiger partial charge in [0.2, 0.25) is 0 Å². The van der Waals surface area contributed by atoms with Gasteiger partial charge in [0.15, 0.2) is 17.3 Å². The number of rotatable bonds is 9. The Labute approximate surface area is 175 Å². The van der Waals surface area contributed by atoms with Crippen LogP contribution < -0.4 is 10.6 Å². The summed E-state index contributed by atoms with van der Waals surface area (Å²) >= 11 is 0. The van der Waals surface area contributed by atoms with Crippen LogP contribution in [0.1, 0.15) is 44.6 Å². The Hall–Kier alpha value is -3.16. The van der Waals surface area contributed by atoms with Gasteiger partial charge in [-0.3, -0.25) is 0 Å². The molecule has 1 aliphatic carbocycles. The summed E-state index contributed by atoms with van der Waals surface area (Å²) in [6.07, 6.45) is 3.62. The molecule has 0 saturated heterocycles. The van der Waals surface area contributed by atoms with Gasteiger partial charge in [-0.25, -0.2) is 0 Å². The molecule has 3 aromatic rings. The summed E-state index contributed by atoms with van der Waals surface area (Å²) in [4.78, 5) is 2.77. The van der Waals surface area contributed by atoms with Crippen molar-refractivity contribution in [3.05, 3.63) is 52.4 Å². The Morgan fingerprint density at radius 3 is 2.70 bits per heavy atom. The second-order valence-electron chi connectivity index (χ2n) is 8.57. The highest BCUT2D eigenvalue weighted by atomic mass is 15.4. The summed E-state index contributed by atoms with van der Waals surface area (Å²) in [5, 5.41) is 24.0. The van der Waals surface area contributed by atoms with Gasteiger partial charge in [0.1, 0.15) is 0 Å². The molecule has 0 atom stereocenters. The van der Waals surface area contributed by atoms with E-state index in [2.05, 4.69) is 50.8 Å². The van der Waals surface area contributed by atoms with Gasteiger partial charge in [0.05, 0.1) is 6.67 Å². The van der Waals surface area contributed by atoms with Crippen LogP contribution in [0.25, 0.3) is 27.5 Å². The van der Waals surface area contributed by atoms with Crippen LogP contribution in [0.3, 0.4) is 0 Å². The van der Waals surface area contributed by atoms with E-state index in [1.165, 1.54) is 24.8 Å². The molecule has 2 heterocycles. The molecule has 0 spiro atoms. The predicted molar refractivity (Wildman–Crippen MR) is 117 cm³/mol. The summed E-state index contributed by atoms with van der Waals surface area (Å²) in [6.45, 7) is 6.08. The highest BCUT2D eigenvalue weighted by molar-refractivity contribution is 5.61. The Bertz CT molecular complexity index is 1050. The van der Waals surface area contributed by atoms with Gasteiger partial charge >= 0.3 is 0 Å². The molecule has 1 fully saturated rings. The van der Waals surface area contributed by atoms with Crippen molar-refractivity contribution < 1.29 is 0 Å². The van der Waals surface area contributed by atoms with E-state index in [1.54, 1.807) is 0 Å². The maximum Gasteiger partial charge on any atom is 0.185 e. The molecule has 0 radical (unpaired) electrons. The van der Waals surface area contributed by atoms with Crippen molar-refractivity contribution in [2.45, 2.75) is 39.0 Å². The lowest BCUT2D eigenvalue weighted by molar-refractivity contribution is 0.364. The topological polar surface area (TPSA) is 116 Å². The fourth-order valence-electron chi connectivity index (χ4n) is 3.64. The van der Waals surface area contributed by atoms with Gasteiger partial charge in [-0.2, -0.15) is 4.52 Å². The fourth-order valence-corrected chi connectivity index (χ4v) is 3.64. The van der Waals surface area contributed by atoms with Crippen molar-refractivity contribution in [1.29, 1.82) is 0 Å². The largest absolute Gasteiger partial charge is 0.368 e. The first-order valence-corrected chi connectivity index (χ1v) is 10.3. The van der Waals surface area contributed by atoms with Crippen LogP contribution in [-0.4, -0.2) is 39.6 Å². The molecule has 0 bridgehead atoms. The summed E-state index contributed by atoms with van der Waals surface area (Å²) in [7, 11) is 0. The number of hydrogen-bond donors (Lipinski definition) is 2. The molecule has 4 rings (SSSR count). The van der Waals surface area contributed by atoms with E-state index in [0.29, 0.717) is 12.6 Å². The first-order chi connectivity index (χ1) is 14.6. The van der Waals surface area contributed by atoms with Crippen LogP contribution in [-0.2, 0) is 0 Å². The van der Waals surface area contributed by atoms with Gasteiger partial charge in [0.25, 0.3) is 0 Å². The van der Waals surface area contributed by atoms with E-state index in [9.17, 15) is 0 Å². The van der Waals surface area contributed by atoms with Gasteiger partial charge in [-0.05, 0) is 35.8 Å². The van der Waals surface area contributed by atoms with Crippen LogP contribution >= 0.6 is 0 Å². The zero-order chi connectivity index (χ0) is 21.0. The number of aromatic nitrogens is 4. The monoisotopic (exact) mass is 405 g/mol. The third-order valence-electron chi connectivity index (χ3n) is 5.58. The lowest BCUT2D eigenvalue weighted by Gasteiger charge is -2.30. The van der Waals surface area contributed by atoms with E-state index in [1.807, 2.05) is 34.8 Å². The first kappa shape index (κ1) is 20.1. The molecule has 1 aromatic carbocycles. The minimum atomic E-state index is -0.0477.